The van der Waals surface area contributed by atoms with Crippen LogP contribution in [0.4, 0.5) is 0 Å². The molecule has 0 aromatic rings. The largest absolute Gasteiger partial charge is 0.130 e. The molecule has 0 radical (unpaired) electrons. The lowest BCUT2D eigenvalue weighted by Crippen LogP contribution is -1.73. The number of hydrogen-bond donors (Lipinski definition) is 0. The van der Waals surface area contributed by atoms with Crippen LogP contribution in [0.3, 0.4) is 0 Å². The molecule has 7 heavy (non-hydrogen) atoms. The van der Waals surface area contributed by atoms with Crippen molar-refractivity contribution in [1.29, 1.82) is 0 Å². The van der Waals surface area contributed by atoms with Gasteiger partial charge < -0.3 is 0 Å². The van der Waals surface area contributed by atoms with Crippen molar-refractivity contribution in [3.05, 3.63) is 13.2 Å². The Kier molecular flexibility index (Phi) is 14.8. The van der Waals surface area contributed by atoms with Gasteiger partial charge in [-0.2, -0.15) is 0 Å². The van der Waals surface area contributed by atoms with Crippen LogP contribution in [-0.2, 0) is 0 Å². The van der Waals surface area contributed by atoms with Crippen LogP contribution in [0.2, 0.25) is 0 Å². The molecule has 0 aromatic heterocycles. The molecule has 0 saturated carbocycles. The van der Waals surface area contributed by atoms with Crippen molar-refractivity contribution in [3.8, 4) is 0 Å². The highest BCUT2D eigenvalue weighted by Gasteiger charge is 1.80. The van der Waals surface area contributed by atoms with Crippen LogP contribution in [0.15, 0.2) is 13.2 Å². The Morgan fingerprint density at radius 2 is 1.57 bits per heavy atom. The van der Waals surface area contributed by atoms with Crippen molar-refractivity contribution < 1.29 is 0 Å². The van der Waals surface area contributed by atoms with Gasteiger partial charge in [0.15, 0.2) is 0 Å². The molecule has 2 atom stereocenters. The molecule has 2 unspecified atom stereocenters. The van der Waals surface area contributed by atoms with E-state index in [2.05, 4.69) is 38.6 Å². The van der Waals surface area contributed by atoms with Gasteiger partial charge in [0.1, 0.15) is 0 Å². The van der Waals surface area contributed by atoms with Gasteiger partial charge in [-0.3, -0.25) is 0 Å². The normalized spacial score (nSPS) is 7.43. The summed E-state index contributed by atoms with van der Waals surface area (Å²) in [7, 11) is 5.39. The van der Waals surface area contributed by atoms with Crippen LogP contribution in [-0.4, -0.2) is 5.40 Å². The lowest BCUT2D eigenvalue weighted by molar-refractivity contribution is 1.06. The van der Waals surface area contributed by atoms with Crippen LogP contribution in [0.5, 0.6) is 0 Å². The molecule has 0 aliphatic heterocycles. The van der Waals surface area contributed by atoms with E-state index >= 15 is 0 Å². The first kappa shape index (κ1) is 10.6. The van der Waals surface area contributed by atoms with Gasteiger partial charge in [-0.25, -0.2) is 0 Å². The summed E-state index contributed by atoms with van der Waals surface area (Å²) in [6.07, 6.45) is 1.23. The number of hydrogen-bond acceptors (Lipinski definition) is 0. The molecule has 0 nitrogen and oxygen atoms in total. The van der Waals surface area contributed by atoms with Gasteiger partial charge in [-0.1, -0.05) is 6.92 Å². The predicted octanol–water partition coefficient (Wildman–Crippen LogP) is 2.27. The van der Waals surface area contributed by atoms with Gasteiger partial charge in [-0.15, -0.1) is 31.6 Å². The van der Waals surface area contributed by atoms with Gasteiger partial charge in [0.25, 0.3) is 0 Å². The Morgan fingerprint density at radius 3 is 1.57 bits per heavy atom. The molecule has 0 saturated heterocycles. The van der Waals surface area contributed by atoms with Crippen molar-refractivity contribution >= 4 is 18.5 Å². The third-order valence-corrected chi connectivity index (χ3v) is 1.41. The molecule has 0 fully saturated rings. The van der Waals surface area contributed by atoms with Crippen LogP contribution in [0, 0.1) is 0 Å². The minimum atomic E-state index is 0.718. The van der Waals surface area contributed by atoms with Crippen molar-refractivity contribution in [2.24, 2.45) is 0 Å². The van der Waals surface area contributed by atoms with E-state index in [0.717, 1.165) is 5.40 Å². The highest BCUT2D eigenvalue weighted by molar-refractivity contribution is 7.37. The minimum absolute atomic E-state index is 0.718. The molecular formula is C5H14P2. The highest BCUT2D eigenvalue weighted by atomic mass is 31.1. The van der Waals surface area contributed by atoms with Gasteiger partial charge in [0.2, 0.25) is 0 Å². The Morgan fingerprint density at radius 1 is 1.43 bits per heavy atom. The maximum absolute atomic E-state index is 3.00. The maximum atomic E-state index is 3.00. The lowest BCUT2D eigenvalue weighted by Gasteiger charge is -1.90. The molecule has 0 bridgehead atoms. The first-order valence-electron chi connectivity index (χ1n) is 2.28. The predicted molar refractivity (Wildman–Crippen MR) is 44.8 cm³/mol. The molecule has 0 N–H and O–H groups in total. The summed E-state index contributed by atoms with van der Waals surface area (Å²) in [6.45, 7) is 8.16. The monoisotopic (exact) mass is 136 g/mol. The van der Waals surface area contributed by atoms with Crippen molar-refractivity contribution in [1.82, 2.24) is 0 Å². The molecule has 0 spiro atoms. The zero-order chi connectivity index (χ0) is 6.28. The summed E-state index contributed by atoms with van der Waals surface area (Å²) < 4.78 is 0. The first-order chi connectivity index (χ1) is 3.27. The Labute approximate surface area is 51.2 Å². The van der Waals surface area contributed by atoms with E-state index in [1.54, 1.807) is 0 Å². The van der Waals surface area contributed by atoms with E-state index in [4.69, 9.17) is 0 Å². The lowest BCUT2D eigenvalue weighted by atomic mass is 10.6. The fraction of sp³-hybridized carbons (Fsp3) is 0.600. The van der Waals surface area contributed by atoms with E-state index in [1.165, 1.54) is 6.42 Å². The second-order valence-electron chi connectivity index (χ2n) is 1.07. The Bertz CT molecular complexity index is 27.3. The fourth-order valence-corrected chi connectivity index (χ4v) is 0. The molecule has 0 heterocycles. The molecule has 0 aliphatic rings. The zero-order valence-corrected chi connectivity index (χ0v) is 7.16. The smallest absolute Gasteiger partial charge is 0.0121 e. The molecule has 0 rings (SSSR count). The Hall–Kier alpha value is 0.600. The summed E-state index contributed by atoms with van der Waals surface area (Å²) in [5, 5.41) is 0.718. The molecule has 0 aliphatic carbocycles. The second-order valence-corrected chi connectivity index (χ2v) is 3.55. The van der Waals surface area contributed by atoms with Crippen LogP contribution < -0.4 is 0 Å². The SMILES string of the molecule is C=C.CCC(P)P. The second kappa shape index (κ2) is 9.78. The van der Waals surface area contributed by atoms with Crippen LogP contribution in [0.1, 0.15) is 13.3 Å². The maximum Gasteiger partial charge on any atom is -0.0121 e. The quantitative estimate of drug-likeness (QED) is 0.383. The van der Waals surface area contributed by atoms with Gasteiger partial charge in [0.05, 0.1) is 0 Å². The van der Waals surface area contributed by atoms with E-state index in [-0.39, 0.29) is 0 Å². The summed E-state index contributed by atoms with van der Waals surface area (Å²) in [5.74, 6) is 0. The molecular weight excluding hydrogens is 122 g/mol. The van der Waals surface area contributed by atoms with Gasteiger partial charge in [0, 0.05) is 0 Å². The average molecular weight is 136 g/mol. The van der Waals surface area contributed by atoms with Gasteiger partial charge in [-0.05, 0) is 11.8 Å². The van der Waals surface area contributed by atoms with E-state index in [0.29, 0.717) is 0 Å². The summed E-state index contributed by atoms with van der Waals surface area (Å²) in [6, 6.07) is 0. The minimum Gasteiger partial charge on any atom is -0.130 e. The topological polar surface area (TPSA) is 0 Å². The molecule has 2 heteroatoms. The van der Waals surface area contributed by atoms with Gasteiger partial charge >= 0.3 is 0 Å². The highest BCUT2D eigenvalue weighted by Crippen LogP contribution is 2.10. The van der Waals surface area contributed by atoms with E-state index in [1.807, 2.05) is 0 Å². The first-order valence-corrected chi connectivity index (χ1v) is 3.62. The van der Waals surface area contributed by atoms with Crippen molar-refractivity contribution in [2.75, 3.05) is 0 Å². The Balaban J connectivity index is 0. The third-order valence-electron chi connectivity index (χ3n) is 0.471. The summed E-state index contributed by atoms with van der Waals surface area (Å²) in [5.41, 5.74) is 0. The van der Waals surface area contributed by atoms with Crippen LogP contribution in [0.25, 0.3) is 0 Å². The van der Waals surface area contributed by atoms with Crippen LogP contribution >= 0.6 is 18.5 Å². The average Bonchev–Trinajstić information content (AvgIpc) is 1.73. The molecule has 0 aromatic carbocycles. The van der Waals surface area contributed by atoms with Crippen molar-refractivity contribution in [2.45, 2.75) is 18.7 Å². The molecule has 0 amide bonds. The third kappa shape index (κ3) is 20.7. The molecule has 44 valence electrons. The van der Waals surface area contributed by atoms with E-state index < -0.39 is 0 Å². The number of rotatable bonds is 1. The van der Waals surface area contributed by atoms with Crippen molar-refractivity contribution in [3.63, 3.8) is 0 Å². The summed E-state index contributed by atoms with van der Waals surface area (Å²) in [4.78, 5) is 0. The van der Waals surface area contributed by atoms with E-state index in [9.17, 15) is 0 Å². The fourth-order valence-electron chi connectivity index (χ4n) is 0. The zero-order valence-electron chi connectivity index (χ0n) is 4.85. The summed E-state index contributed by atoms with van der Waals surface area (Å²) >= 11 is 0. The standard InChI is InChI=1S/C3H10P2.C2H4/c1-2-3(4)5;1-2/h3H,2,4-5H2,1H3;1-2H2.